The summed E-state index contributed by atoms with van der Waals surface area (Å²) >= 11 is 0. The number of rotatable bonds is 4. The van der Waals surface area contributed by atoms with Crippen molar-refractivity contribution in [2.75, 3.05) is 11.1 Å². The van der Waals surface area contributed by atoms with E-state index in [0.29, 0.717) is 18.1 Å². The molecule has 0 amide bonds. The van der Waals surface area contributed by atoms with E-state index in [1.54, 1.807) is 18.6 Å². The van der Waals surface area contributed by atoms with Gasteiger partial charge in [-0.15, -0.1) is 0 Å². The van der Waals surface area contributed by atoms with Crippen molar-refractivity contribution in [2.45, 2.75) is 19.6 Å². The topological polar surface area (TPSA) is 121 Å². The van der Waals surface area contributed by atoms with Crippen LogP contribution in [0.15, 0.2) is 36.8 Å². The number of hydrogen-bond acceptors (Lipinski definition) is 7. The molecule has 130 valence electrons. The number of nitrogens with zero attached hydrogens (tertiary/aromatic N) is 4. The first-order valence-corrected chi connectivity index (χ1v) is 8.38. The lowest BCUT2D eigenvalue weighted by atomic mass is 10.1. The molecule has 4 rings (SSSR count). The molecular formula is C19H18N6O. The van der Waals surface area contributed by atoms with Crippen molar-refractivity contribution >= 4 is 22.4 Å². The maximum Gasteiger partial charge on any atom is 0.133 e. The summed E-state index contributed by atoms with van der Waals surface area (Å²) < 4.78 is 0. The first-order chi connectivity index (χ1) is 12.6. The quantitative estimate of drug-likeness (QED) is 0.620. The minimum absolute atomic E-state index is 0.0476. The number of aliphatic hydroxyl groups excluding tert-OH is 1. The molecule has 3 heterocycles. The summed E-state index contributed by atoms with van der Waals surface area (Å²) in [6.07, 6.45) is 5.06. The van der Waals surface area contributed by atoms with Gasteiger partial charge in [-0.25, -0.2) is 9.97 Å². The highest BCUT2D eigenvalue weighted by molar-refractivity contribution is 5.94. The number of hydrogen-bond donors (Lipinski definition) is 3. The summed E-state index contributed by atoms with van der Waals surface area (Å²) in [5, 5.41) is 23.7. The van der Waals surface area contributed by atoms with Crippen LogP contribution in [-0.4, -0.2) is 26.3 Å². The molecule has 3 aromatic heterocycles. The molecule has 7 nitrogen and oxygen atoms in total. The van der Waals surface area contributed by atoms with Gasteiger partial charge in [0, 0.05) is 35.5 Å². The van der Waals surface area contributed by atoms with Crippen molar-refractivity contribution in [2.24, 2.45) is 11.8 Å². The van der Waals surface area contributed by atoms with E-state index in [1.165, 1.54) is 0 Å². The second-order valence-electron chi connectivity index (χ2n) is 6.60. The highest BCUT2D eigenvalue weighted by atomic mass is 16.3. The van der Waals surface area contributed by atoms with Crippen LogP contribution in [0.5, 0.6) is 0 Å². The largest absolute Gasteiger partial charge is 0.383 e. The first kappa shape index (κ1) is 16.2. The number of fused-ring (bicyclic) bond motifs is 1. The average molecular weight is 346 g/mol. The lowest BCUT2D eigenvalue weighted by molar-refractivity contribution is 0.176. The van der Waals surface area contributed by atoms with Crippen LogP contribution >= 0.6 is 0 Å². The van der Waals surface area contributed by atoms with E-state index in [1.807, 2.05) is 25.1 Å². The van der Waals surface area contributed by atoms with Crippen LogP contribution in [0.1, 0.15) is 12.0 Å². The zero-order valence-corrected chi connectivity index (χ0v) is 14.2. The standard InChI is InChI=1S/C19H18N6O/c1-10-2-3-22-8-14(10)16-5-11-6-17(23-9-15(11)18(21)24-16)25-19(26)13-4-12(13)7-20/h2-3,5-6,8-9,12-13,19,26H,4H2,1H3,(H2,21,24)(H,23,25)/t12-,13+,19?/m0/s1. The lowest BCUT2D eigenvalue weighted by Gasteiger charge is -2.14. The summed E-state index contributed by atoms with van der Waals surface area (Å²) in [5.41, 5.74) is 8.83. The van der Waals surface area contributed by atoms with E-state index in [4.69, 9.17) is 11.0 Å². The molecule has 7 heteroatoms. The van der Waals surface area contributed by atoms with Crippen molar-refractivity contribution < 1.29 is 5.11 Å². The zero-order chi connectivity index (χ0) is 18.3. The highest BCUT2D eigenvalue weighted by Crippen LogP contribution is 2.40. The molecule has 0 saturated heterocycles. The van der Waals surface area contributed by atoms with Gasteiger partial charge in [0.1, 0.15) is 17.9 Å². The van der Waals surface area contributed by atoms with Crippen molar-refractivity contribution in [3.05, 3.63) is 42.4 Å². The Hall–Kier alpha value is -3.24. The minimum Gasteiger partial charge on any atom is -0.383 e. The van der Waals surface area contributed by atoms with E-state index < -0.39 is 6.23 Å². The molecule has 26 heavy (non-hydrogen) atoms. The molecule has 3 atom stereocenters. The minimum atomic E-state index is -0.788. The molecule has 3 aromatic rings. The molecule has 0 radical (unpaired) electrons. The maximum absolute atomic E-state index is 10.2. The maximum atomic E-state index is 10.2. The summed E-state index contributed by atoms with van der Waals surface area (Å²) in [5.74, 6) is 0.798. The Morgan fingerprint density at radius 3 is 2.96 bits per heavy atom. The molecule has 1 saturated carbocycles. The SMILES string of the molecule is Cc1ccncc1-c1cc2cc(NC(O)[C@@H]3C[C@H]3C#N)ncc2c(N)n1. The van der Waals surface area contributed by atoms with Crippen LogP contribution in [0.25, 0.3) is 22.0 Å². The smallest absolute Gasteiger partial charge is 0.133 e. The third-order valence-electron chi connectivity index (χ3n) is 4.77. The zero-order valence-electron chi connectivity index (χ0n) is 14.2. The van der Waals surface area contributed by atoms with Gasteiger partial charge in [-0.05, 0) is 42.5 Å². The fourth-order valence-electron chi connectivity index (χ4n) is 3.09. The molecule has 0 aromatic carbocycles. The molecule has 4 N–H and O–H groups in total. The van der Waals surface area contributed by atoms with Gasteiger partial charge in [-0.1, -0.05) is 0 Å². The van der Waals surface area contributed by atoms with E-state index in [-0.39, 0.29) is 11.8 Å². The van der Waals surface area contributed by atoms with Crippen LogP contribution in [0.3, 0.4) is 0 Å². The van der Waals surface area contributed by atoms with Crippen LogP contribution < -0.4 is 11.1 Å². The summed E-state index contributed by atoms with van der Waals surface area (Å²) in [6.45, 7) is 2.00. The second-order valence-corrected chi connectivity index (χ2v) is 6.60. The molecule has 1 aliphatic carbocycles. The van der Waals surface area contributed by atoms with Gasteiger partial charge in [0.2, 0.25) is 0 Å². The number of nitrogens with two attached hydrogens (primary N) is 1. The predicted molar refractivity (Wildman–Crippen MR) is 98.8 cm³/mol. The van der Waals surface area contributed by atoms with Crippen LogP contribution in [0.2, 0.25) is 0 Å². The fraction of sp³-hybridized carbons (Fsp3) is 0.263. The molecular weight excluding hydrogens is 328 g/mol. The number of nitriles is 1. The number of nitrogens with one attached hydrogen (secondary N) is 1. The number of aliphatic hydroxyl groups is 1. The molecule has 1 fully saturated rings. The second kappa shape index (κ2) is 6.24. The van der Waals surface area contributed by atoms with Crippen molar-refractivity contribution in [3.8, 4) is 17.3 Å². The monoisotopic (exact) mass is 346 g/mol. The molecule has 1 aliphatic rings. The number of anilines is 2. The number of pyridine rings is 3. The normalized spacial score (nSPS) is 19.7. The van der Waals surface area contributed by atoms with Crippen molar-refractivity contribution in [1.82, 2.24) is 15.0 Å². The Balaban J connectivity index is 1.69. The van der Waals surface area contributed by atoms with E-state index >= 15 is 0 Å². The van der Waals surface area contributed by atoms with Crippen LogP contribution in [-0.2, 0) is 0 Å². The molecule has 0 bridgehead atoms. The van der Waals surface area contributed by atoms with Crippen molar-refractivity contribution in [3.63, 3.8) is 0 Å². The average Bonchev–Trinajstić information content (AvgIpc) is 3.42. The summed E-state index contributed by atoms with van der Waals surface area (Å²) in [4.78, 5) is 12.9. The lowest BCUT2D eigenvalue weighted by Crippen LogP contribution is -2.22. The van der Waals surface area contributed by atoms with Gasteiger partial charge in [-0.2, -0.15) is 5.26 Å². The summed E-state index contributed by atoms with van der Waals surface area (Å²) in [7, 11) is 0. The Kier molecular flexibility index (Phi) is 3.90. The van der Waals surface area contributed by atoms with Crippen LogP contribution in [0.4, 0.5) is 11.6 Å². The highest BCUT2D eigenvalue weighted by Gasteiger charge is 2.43. The van der Waals surface area contributed by atoms with Gasteiger partial charge in [0.15, 0.2) is 0 Å². The van der Waals surface area contributed by atoms with Gasteiger partial charge >= 0.3 is 0 Å². The molecule has 0 spiro atoms. The third kappa shape index (κ3) is 2.91. The van der Waals surface area contributed by atoms with Gasteiger partial charge < -0.3 is 16.2 Å². The van der Waals surface area contributed by atoms with Gasteiger partial charge in [-0.3, -0.25) is 4.98 Å². The Morgan fingerprint density at radius 1 is 1.38 bits per heavy atom. The number of aryl methyl sites for hydroxylation is 1. The number of aromatic nitrogens is 3. The Bertz CT molecular complexity index is 1030. The van der Waals surface area contributed by atoms with Gasteiger partial charge in [0.25, 0.3) is 0 Å². The Morgan fingerprint density at radius 2 is 2.23 bits per heavy atom. The molecule has 1 unspecified atom stereocenters. The molecule has 0 aliphatic heterocycles. The fourth-order valence-corrected chi connectivity index (χ4v) is 3.09. The van der Waals surface area contributed by atoms with Crippen LogP contribution in [0, 0.1) is 30.1 Å². The Labute approximate surface area is 150 Å². The summed E-state index contributed by atoms with van der Waals surface area (Å²) in [6, 6.07) is 7.86. The van der Waals surface area contributed by atoms with Gasteiger partial charge in [0.05, 0.1) is 17.7 Å². The predicted octanol–water partition coefficient (Wildman–Crippen LogP) is 2.47. The third-order valence-corrected chi connectivity index (χ3v) is 4.77. The van der Waals surface area contributed by atoms with E-state index in [0.717, 1.165) is 27.6 Å². The van der Waals surface area contributed by atoms with Crippen molar-refractivity contribution in [1.29, 1.82) is 5.26 Å². The number of nitrogen functional groups attached to an aromatic ring is 1. The first-order valence-electron chi connectivity index (χ1n) is 8.38. The van der Waals surface area contributed by atoms with E-state index in [2.05, 4.69) is 26.3 Å². The van der Waals surface area contributed by atoms with E-state index in [9.17, 15) is 5.11 Å².